The molecule has 28 heavy (non-hydrogen) atoms. The van der Waals surface area contributed by atoms with Gasteiger partial charge >= 0.3 is 0 Å². The van der Waals surface area contributed by atoms with Crippen molar-refractivity contribution in [2.75, 3.05) is 0 Å². The van der Waals surface area contributed by atoms with Crippen molar-refractivity contribution in [3.05, 3.63) is 0 Å². The van der Waals surface area contributed by atoms with Gasteiger partial charge in [0.2, 0.25) is 11.8 Å². The summed E-state index contributed by atoms with van der Waals surface area (Å²) >= 11 is 0. The molecule has 0 aliphatic heterocycles. The van der Waals surface area contributed by atoms with Crippen LogP contribution in [-0.4, -0.2) is 24.2 Å². The van der Waals surface area contributed by atoms with Gasteiger partial charge < -0.3 is 0 Å². The van der Waals surface area contributed by atoms with Crippen molar-refractivity contribution in [3.63, 3.8) is 0 Å². The normalized spacial score (nSPS) is 12.6. The predicted molar refractivity (Wildman–Crippen MR) is 118 cm³/mol. The van der Waals surface area contributed by atoms with Crippen molar-refractivity contribution in [2.45, 2.75) is 106 Å². The fourth-order valence-electron chi connectivity index (χ4n) is 2.34. The molecular weight excluding hydrogens is 352 g/mol. The predicted octanol–water partition coefficient (Wildman–Crippen LogP) is 5.18. The maximum Gasteiger partial charge on any atom is 0.240 e. The first kappa shape index (κ1) is 26.3. The maximum absolute atomic E-state index is 11.6. The zero-order valence-corrected chi connectivity index (χ0v) is 18.9. The molecule has 0 spiro atoms. The van der Waals surface area contributed by atoms with Crippen molar-refractivity contribution >= 4 is 24.2 Å². The molecule has 2 amide bonds. The molecule has 162 valence electrons. The van der Waals surface area contributed by atoms with E-state index in [4.69, 9.17) is 0 Å². The summed E-state index contributed by atoms with van der Waals surface area (Å²) in [6, 6.07) is 0. The van der Waals surface area contributed by atoms with E-state index < -0.39 is 0 Å². The molecule has 0 unspecified atom stereocenters. The Hall–Kier alpha value is -1.72. The second-order valence-electron chi connectivity index (χ2n) is 9.65. The summed E-state index contributed by atoms with van der Waals surface area (Å²) in [5.41, 5.74) is 5.13. The van der Waals surface area contributed by atoms with Gasteiger partial charge in [-0.05, 0) is 23.7 Å². The number of hydrogen-bond acceptors (Lipinski definition) is 4. The molecule has 6 heteroatoms. The highest BCUT2D eigenvalue weighted by atomic mass is 16.2. The lowest BCUT2D eigenvalue weighted by Gasteiger charge is -2.09. The molecule has 2 N–H and O–H groups in total. The molecular formula is C22H42N4O2. The third kappa shape index (κ3) is 20.6. The van der Waals surface area contributed by atoms with E-state index in [-0.39, 0.29) is 22.6 Å². The fraction of sp³-hybridized carbons (Fsp3) is 0.818. The van der Waals surface area contributed by atoms with Crippen molar-refractivity contribution in [2.24, 2.45) is 21.0 Å². The zero-order chi connectivity index (χ0) is 21.5. The van der Waals surface area contributed by atoms with E-state index in [1.165, 1.54) is 12.8 Å². The lowest BCUT2D eigenvalue weighted by atomic mass is 9.99. The molecule has 0 aliphatic rings. The minimum Gasteiger partial charge on any atom is -0.273 e. The van der Waals surface area contributed by atoms with Gasteiger partial charge in [-0.2, -0.15) is 10.2 Å². The van der Waals surface area contributed by atoms with Crippen molar-refractivity contribution < 1.29 is 9.59 Å². The first-order valence-corrected chi connectivity index (χ1v) is 10.7. The highest BCUT2D eigenvalue weighted by molar-refractivity contribution is 5.77. The number of amides is 2. The third-order valence-corrected chi connectivity index (χ3v) is 3.84. The molecule has 0 rings (SSSR count). The second-order valence-corrected chi connectivity index (χ2v) is 9.65. The second kappa shape index (κ2) is 14.3. The molecule has 0 aromatic heterocycles. The van der Waals surface area contributed by atoms with Gasteiger partial charge in [-0.25, -0.2) is 10.9 Å². The topological polar surface area (TPSA) is 82.9 Å². The van der Waals surface area contributed by atoms with Gasteiger partial charge in [-0.1, -0.05) is 80.1 Å². The van der Waals surface area contributed by atoms with E-state index in [9.17, 15) is 9.59 Å². The molecule has 0 fully saturated rings. The lowest BCUT2D eigenvalue weighted by molar-refractivity contribution is -0.122. The minimum atomic E-state index is -0.0166. The van der Waals surface area contributed by atoms with Crippen LogP contribution in [0.5, 0.6) is 0 Å². The van der Waals surface area contributed by atoms with E-state index >= 15 is 0 Å². The summed E-state index contributed by atoms with van der Waals surface area (Å²) in [5.74, 6) is -0.0174. The minimum absolute atomic E-state index is 0.00869. The van der Waals surface area contributed by atoms with Gasteiger partial charge in [0.05, 0.1) is 0 Å². The molecule has 0 bridgehead atoms. The summed E-state index contributed by atoms with van der Waals surface area (Å²) in [7, 11) is 0. The van der Waals surface area contributed by atoms with Crippen LogP contribution in [0.2, 0.25) is 0 Å². The Kier molecular flexibility index (Phi) is 13.4. The van der Waals surface area contributed by atoms with Gasteiger partial charge in [0, 0.05) is 25.3 Å². The SMILES string of the molecule is CC(C)(C)C=NNC(=O)CCCCCCCCCCC(=O)NN=CC(C)(C)C. The van der Waals surface area contributed by atoms with Crippen LogP contribution < -0.4 is 10.9 Å². The molecule has 0 aliphatic carbocycles. The molecule has 0 atom stereocenters. The zero-order valence-electron chi connectivity index (χ0n) is 18.9. The number of carbonyl (C=O) groups is 2. The summed E-state index contributed by atoms with van der Waals surface area (Å²) in [6.45, 7) is 12.3. The van der Waals surface area contributed by atoms with Gasteiger partial charge in [0.25, 0.3) is 0 Å². The van der Waals surface area contributed by atoms with E-state index in [0.29, 0.717) is 12.8 Å². The van der Waals surface area contributed by atoms with Gasteiger partial charge in [-0.15, -0.1) is 0 Å². The molecule has 6 nitrogen and oxygen atoms in total. The Bertz CT molecular complexity index is 454. The Morgan fingerprint density at radius 1 is 0.607 bits per heavy atom. The number of nitrogens with zero attached hydrogens (tertiary/aromatic N) is 2. The maximum atomic E-state index is 11.6. The van der Waals surface area contributed by atoms with Crippen LogP contribution in [0, 0.1) is 10.8 Å². The van der Waals surface area contributed by atoms with E-state index in [1.54, 1.807) is 12.4 Å². The molecule has 0 aromatic rings. The monoisotopic (exact) mass is 394 g/mol. The van der Waals surface area contributed by atoms with Crippen LogP contribution in [0.4, 0.5) is 0 Å². The van der Waals surface area contributed by atoms with Gasteiger partial charge in [0.15, 0.2) is 0 Å². The Labute approximate surface area is 172 Å². The summed E-state index contributed by atoms with van der Waals surface area (Å²) in [5, 5.41) is 7.96. The first-order chi connectivity index (χ1) is 13.0. The van der Waals surface area contributed by atoms with Crippen LogP contribution in [0.1, 0.15) is 106 Å². The molecule has 0 aromatic carbocycles. The van der Waals surface area contributed by atoms with Gasteiger partial charge in [0.1, 0.15) is 0 Å². The standard InChI is InChI=1S/C22H42N4O2/c1-21(2,3)17-23-25-19(27)15-13-11-9-7-8-10-12-14-16-20(28)26-24-18-22(4,5)6/h17-18H,7-16H2,1-6H3,(H,25,27)(H,26,28). The van der Waals surface area contributed by atoms with Gasteiger partial charge in [-0.3, -0.25) is 9.59 Å². The average Bonchev–Trinajstić information content (AvgIpc) is 2.54. The van der Waals surface area contributed by atoms with Crippen LogP contribution in [0.25, 0.3) is 0 Å². The number of nitrogens with one attached hydrogen (secondary N) is 2. The third-order valence-electron chi connectivity index (χ3n) is 3.84. The molecule has 0 heterocycles. The average molecular weight is 395 g/mol. The molecule has 0 saturated heterocycles. The fourth-order valence-corrected chi connectivity index (χ4v) is 2.34. The highest BCUT2D eigenvalue weighted by Gasteiger charge is 2.06. The Balaban J connectivity index is 3.46. The van der Waals surface area contributed by atoms with E-state index in [1.807, 2.05) is 41.5 Å². The van der Waals surface area contributed by atoms with E-state index in [0.717, 1.165) is 38.5 Å². The van der Waals surface area contributed by atoms with Crippen LogP contribution in [0.15, 0.2) is 10.2 Å². The lowest BCUT2D eigenvalue weighted by Crippen LogP contribution is -2.19. The Morgan fingerprint density at radius 2 is 0.893 bits per heavy atom. The summed E-state index contributed by atoms with van der Waals surface area (Å²) < 4.78 is 0. The number of hydrogen-bond donors (Lipinski definition) is 2. The van der Waals surface area contributed by atoms with Crippen molar-refractivity contribution in [1.29, 1.82) is 0 Å². The molecule has 0 saturated carbocycles. The number of rotatable bonds is 13. The smallest absolute Gasteiger partial charge is 0.240 e. The van der Waals surface area contributed by atoms with Crippen LogP contribution >= 0.6 is 0 Å². The quantitative estimate of drug-likeness (QED) is 0.256. The first-order valence-electron chi connectivity index (χ1n) is 10.7. The number of unbranched alkanes of at least 4 members (excludes halogenated alkanes) is 7. The summed E-state index contributed by atoms with van der Waals surface area (Å²) in [6.07, 6.45) is 13.2. The highest BCUT2D eigenvalue weighted by Crippen LogP contribution is 2.11. The molecule has 0 radical (unpaired) electrons. The van der Waals surface area contributed by atoms with E-state index in [2.05, 4.69) is 21.1 Å². The van der Waals surface area contributed by atoms with Crippen LogP contribution in [0.3, 0.4) is 0 Å². The van der Waals surface area contributed by atoms with Crippen LogP contribution in [-0.2, 0) is 9.59 Å². The Morgan fingerprint density at radius 3 is 1.18 bits per heavy atom. The summed E-state index contributed by atoms with van der Waals surface area (Å²) in [4.78, 5) is 23.3. The van der Waals surface area contributed by atoms with Crippen molar-refractivity contribution in [1.82, 2.24) is 10.9 Å². The number of carbonyl (C=O) groups excluding carboxylic acids is 2. The largest absolute Gasteiger partial charge is 0.273 e. The van der Waals surface area contributed by atoms with Crippen molar-refractivity contribution in [3.8, 4) is 0 Å². The number of hydrazone groups is 2.